The Kier molecular flexibility index (Phi) is 4.77. The first kappa shape index (κ1) is 17.8. The van der Waals surface area contributed by atoms with E-state index in [9.17, 15) is 26.7 Å². The molecule has 134 valence electrons. The molecule has 1 atom stereocenters. The van der Waals surface area contributed by atoms with Crippen molar-refractivity contribution >= 4 is 22.4 Å². The quantitative estimate of drug-likeness (QED) is 0.497. The number of rotatable bonds is 3. The molecule has 1 aromatic carbocycles. The number of benzene rings is 1. The summed E-state index contributed by atoms with van der Waals surface area (Å²) in [5, 5.41) is 2.62. The van der Waals surface area contributed by atoms with E-state index in [1.807, 2.05) is 0 Å². The number of fused-ring (bicyclic) bond motifs is 1. The van der Waals surface area contributed by atoms with Gasteiger partial charge in [-0.3, -0.25) is 4.79 Å². The molecule has 1 aromatic heterocycles. The van der Waals surface area contributed by atoms with E-state index in [1.165, 1.54) is 11.3 Å². The monoisotopic (exact) mass is 376 g/mol. The molecule has 0 bridgehead atoms. The molecule has 25 heavy (non-hydrogen) atoms. The van der Waals surface area contributed by atoms with Crippen LogP contribution < -0.4 is 5.32 Å². The van der Waals surface area contributed by atoms with Crippen LogP contribution in [0.2, 0.25) is 0 Å². The summed E-state index contributed by atoms with van der Waals surface area (Å²) in [6, 6.07) is 0. The largest absolute Gasteiger partial charge is 0.302 e. The van der Waals surface area contributed by atoms with Crippen LogP contribution in [0.15, 0.2) is 0 Å². The lowest BCUT2D eigenvalue weighted by Crippen LogP contribution is -2.18. The van der Waals surface area contributed by atoms with Crippen LogP contribution in [0.4, 0.5) is 27.1 Å². The summed E-state index contributed by atoms with van der Waals surface area (Å²) in [7, 11) is 0. The van der Waals surface area contributed by atoms with Crippen molar-refractivity contribution < 1.29 is 26.7 Å². The van der Waals surface area contributed by atoms with E-state index >= 15 is 0 Å². The maximum atomic E-state index is 13.6. The number of hydrogen-bond acceptors (Lipinski definition) is 3. The van der Waals surface area contributed by atoms with E-state index < -0.39 is 47.0 Å². The highest BCUT2D eigenvalue weighted by atomic mass is 32.1. The van der Waals surface area contributed by atoms with Gasteiger partial charge in [0.05, 0.1) is 12.1 Å². The van der Waals surface area contributed by atoms with Gasteiger partial charge >= 0.3 is 0 Å². The van der Waals surface area contributed by atoms with Gasteiger partial charge in [-0.15, -0.1) is 11.3 Å². The number of halogens is 5. The fourth-order valence-electron chi connectivity index (χ4n) is 2.72. The normalized spacial score (nSPS) is 16.6. The average molecular weight is 376 g/mol. The molecule has 0 fully saturated rings. The van der Waals surface area contributed by atoms with Crippen LogP contribution in [0.25, 0.3) is 0 Å². The summed E-state index contributed by atoms with van der Waals surface area (Å²) in [5.41, 5.74) is -0.293. The number of nitrogens with zero attached hydrogens (tertiary/aromatic N) is 1. The van der Waals surface area contributed by atoms with Crippen LogP contribution in [0, 0.1) is 35.0 Å². The standard InChI is InChI=1S/C16H13F5N2OS/c1-6-2-3-8-9(4-6)25-16(22-8)23-10(24)5-7-11(17)13(19)15(21)14(20)12(7)18/h6H,2-5H2,1H3,(H,22,23,24)/t6-/m0/s1. The molecule has 1 aliphatic rings. The molecule has 3 nitrogen and oxygen atoms in total. The minimum Gasteiger partial charge on any atom is -0.302 e. The number of aryl methyl sites for hydroxylation is 1. The van der Waals surface area contributed by atoms with Crippen molar-refractivity contribution in [2.45, 2.75) is 32.6 Å². The van der Waals surface area contributed by atoms with Crippen LogP contribution in [-0.4, -0.2) is 10.9 Å². The molecule has 0 aliphatic heterocycles. The Balaban J connectivity index is 1.78. The molecular weight excluding hydrogens is 363 g/mol. The molecular formula is C16H13F5N2OS. The van der Waals surface area contributed by atoms with Crippen molar-refractivity contribution in [2.75, 3.05) is 5.32 Å². The molecule has 1 amide bonds. The van der Waals surface area contributed by atoms with Crippen LogP contribution in [0.3, 0.4) is 0 Å². The number of anilines is 1. The van der Waals surface area contributed by atoms with Crippen molar-refractivity contribution in [3.8, 4) is 0 Å². The van der Waals surface area contributed by atoms with Gasteiger partial charge in [-0.05, 0) is 25.2 Å². The summed E-state index contributed by atoms with van der Waals surface area (Å²) >= 11 is 1.26. The number of carbonyl (C=O) groups is 1. The van der Waals surface area contributed by atoms with Gasteiger partial charge in [0.25, 0.3) is 0 Å². The molecule has 3 rings (SSSR count). The molecule has 0 spiro atoms. The van der Waals surface area contributed by atoms with Gasteiger partial charge in [-0.1, -0.05) is 6.92 Å². The number of thiazole rings is 1. The Hall–Kier alpha value is -2.03. The molecule has 9 heteroatoms. The zero-order valence-corrected chi connectivity index (χ0v) is 13.9. The summed E-state index contributed by atoms with van der Waals surface area (Å²) < 4.78 is 66.6. The summed E-state index contributed by atoms with van der Waals surface area (Å²) in [4.78, 5) is 17.2. The van der Waals surface area contributed by atoms with E-state index in [4.69, 9.17) is 0 Å². The van der Waals surface area contributed by atoms with Gasteiger partial charge in [-0.25, -0.2) is 26.9 Å². The lowest BCUT2D eigenvalue weighted by atomic mass is 9.93. The van der Waals surface area contributed by atoms with Crippen molar-refractivity contribution in [2.24, 2.45) is 5.92 Å². The molecule has 1 N–H and O–H groups in total. The average Bonchev–Trinajstić information content (AvgIpc) is 2.96. The van der Waals surface area contributed by atoms with Gasteiger partial charge < -0.3 is 5.32 Å². The predicted molar refractivity (Wildman–Crippen MR) is 81.9 cm³/mol. The van der Waals surface area contributed by atoms with Gasteiger partial charge in [-0.2, -0.15) is 0 Å². The van der Waals surface area contributed by atoms with Crippen LogP contribution >= 0.6 is 11.3 Å². The topological polar surface area (TPSA) is 42.0 Å². The van der Waals surface area contributed by atoms with E-state index in [-0.39, 0.29) is 5.13 Å². The summed E-state index contributed by atoms with van der Waals surface area (Å²) in [6.45, 7) is 2.10. The van der Waals surface area contributed by atoms with Crippen molar-refractivity contribution in [3.05, 3.63) is 45.2 Å². The van der Waals surface area contributed by atoms with Gasteiger partial charge in [0, 0.05) is 10.4 Å². The Labute approximate surface area is 143 Å². The van der Waals surface area contributed by atoms with Crippen molar-refractivity contribution in [1.29, 1.82) is 0 Å². The second-order valence-corrected chi connectivity index (χ2v) is 7.09. The van der Waals surface area contributed by atoms with E-state index in [2.05, 4.69) is 17.2 Å². The third kappa shape index (κ3) is 3.37. The summed E-state index contributed by atoms with van der Waals surface area (Å²) in [6.07, 6.45) is 1.61. The Morgan fingerprint density at radius 3 is 2.36 bits per heavy atom. The van der Waals surface area contributed by atoms with Crippen LogP contribution in [0.5, 0.6) is 0 Å². The fourth-order valence-corrected chi connectivity index (χ4v) is 3.91. The van der Waals surface area contributed by atoms with E-state index in [0.29, 0.717) is 5.92 Å². The highest BCUT2D eigenvalue weighted by molar-refractivity contribution is 7.15. The third-order valence-electron chi connectivity index (χ3n) is 4.07. The SMILES string of the molecule is C[C@H]1CCc2nc(NC(=O)Cc3c(F)c(F)c(F)c(F)c3F)sc2C1. The highest BCUT2D eigenvalue weighted by Gasteiger charge is 2.27. The first-order chi connectivity index (χ1) is 11.8. The van der Waals surface area contributed by atoms with Gasteiger partial charge in [0.1, 0.15) is 0 Å². The number of nitrogens with one attached hydrogen (secondary N) is 1. The van der Waals surface area contributed by atoms with Crippen LogP contribution in [-0.2, 0) is 24.1 Å². The van der Waals surface area contributed by atoms with Crippen molar-refractivity contribution in [3.63, 3.8) is 0 Å². The predicted octanol–water partition coefficient (Wildman–Crippen LogP) is 4.14. The van der Waals surface area contributed by atoms with Gasteiger partial charge in [0.2, 0.25) is 11.7 Å². The Bertz CT molecular complexity index is 823. The molecule has 1 aliphatic carbocycles. The lowest BCUT2D eigenvalue weighted by Gasteiger charge is -2.15. The first-order valence-electron chi connectivity index (χ1n) is 7.56. The van der Waals surface area contributed by atoms with E-state index in [1.54, 1.807) is 0 Å². The Morgan fingerprint density at radius 1 is 1.12 bits per heavy atom. The molecule has 0 saturated heterocycles. The number of amides is 1. The maximum absolute atomic E-state index is 13.6. The maximum Gasteiger partial charge on any atom is 0.230 e. The molecule has 0 unspecified atom stereocenters. The minimum atomic E-state index is -2.25. The number of hydrogen-bond donors (Lipinski definition) is 1. The zero-order chi connectivity index (χ0) is 18.3. The molecule has 0 radical (unpaired) electrons. The second kappa shape index (κ2) is 6.70. The smallest absolute Gasteiger partial charge is 0.230 e. The highest BCUT2D eigenvalue weighted by Crippen LogP contribution is 2.32. The van der Waals surface area contributed by atoms with E-state index in [0.717, 1.165) is 29.8 Å². The third-order valence-corrected chi connectivity index (χ3v) is 5.11. The number of carbonyl (C=O) groups excluding carboxylic acids is 1. The van der Waals surface area contributed by atoms with Crippen LogP contribution in [0.1, 0.15) is 29.5 Å². The summed E-state index contributed by atoms with van der Waals surface area (Å²) in [5.74, 6) is -10.8. The van der Waals surface area contributed by atoms with Crippen molar-refractivity contribution in [1.82, 2.24) is 4.98 Å². The second-order valence-electron chi connectivity index (χ2n) is 6.01. The number of aromatic nitrogens is 1. The lowest BCUT2D eigenvalue weighted by molar-refractivity contribution is -0.115. The molecule has 1 heterocycles. The zero-order valence-electron chi connectivity index (χ0n) is 13.1. The minimum absolute atomic E-state index is 0.257. The first-order valence-corrected chi connectivity index (χ1v) is 8.38. The van der Waals surface area contributed by atoms with Gasteiger partial charge in [0.15, 0.2) is 28.4 Å². The molecule has 2 aromatic rings. The Morgan fingerprint density at radius 2 is 1.72 bits per heavy atom. The molecule has 0 saturated carbocycles. The fraction of sp³-hybridized carbons (Fsp3) is 0.375.